The average Bonchev–Trinajstić information content (AvgIpc) is 2.69. The fraction of sp³-hybridized carbons (Fsp3) is 0.688. The number of hydrogen-bond donors (Lipinski definition) is 0. The normalized spacial score (nSPS) is 23.5. The van der Waals surface area contributed by atoms with Crippen molar-refractivity contribution in [1.82, 2.24) is 0 Å². The Balaban J connectivity index is 2.41. The minimum absolute atomic E-state index is 0.0144. The van der Waals surface area contributed by atoms with Crippen LogP contribution in [0.25, 0.3) is 0 Å². The third kappa shape index (κ3) is 5.60. The zero-order valence-electron chi connectivity index (χ0n) is 12.8. The number of allylic oxidation sites excluding steroid dienone is 2. The highest BCUT2D eigenvalue weighted by molar-refractivity contribution is 5.82. The van der Waals surface area contributed by atoms with Gasteiger partial charge in [-0.05, 0) is 59.0 Å². The predicted octanol–water partition coefficient (Wildman–Crippen LogP) is 3.79. The van der Waals surface area contributed by atoms with Crippen molar-refractivity contribution >= 4 is 5.97 Å². The van der Waals surface area contributed by atoms with Gasteiger partial charge in [0.1, 0.15) is 0 Å². The topological polar surface area (TPSA) is 35.5 Å². The zero-order chi connectivity index (χ0) is 14.5. The van der Waals surface area contributed by atoms with E-state index in [0.29, 0.717) is 0 Å². The second-order valence-corrected chi connectivity index (χ2v) is 5.91. The standard InChI is InChI=1S/C16H26O3/c1-12(11-15(17)18-5)7-6-8-13(2)14-9-10-16(3,4)19-14/h8,11,14H,6-7,9-10H2,1-5H3. The van der Waals surface area contributed by atoms with Crippen molar-refractivity contribution in [1.29, 1.82) is 0 Å². The van der Waals surface area contributed by atoms with Crippen LogP contribution in [0.2, 0.25) is 0 Å². The Kier molecular flexibility index (Phi) is 5.80. The van der Waals surface area contributed by atoms with Gasteiger partial charge in [-0.1, -0.05) is 11.6 Å². The fourth-order valence-corrected chi connectivity index (χ4v) is 2.29. The highest BCUT2D eigenvalue weighted by Gasteiger charge is 2.32. The molecule has 0 aromatic carbocycles. The summed E-state index contributed by atoms with van der Waals surface area (Å²) in [5.41, 5.74) is 2.36. The van der Waals surface area contributed by atoms with E-state index in [0.717, 1.165) is 31.3 Å². The molecule has 1 aliphatic rings. The molecule has 0 saturated carbocycles. The van der Waals surface area contributed by atoms with Crippen LogP contribution in [-0.2, 0) is 14.3 Å². The molecule has 3 nitrogen and oxygen atoms in total. The molecule has 0 radical (unpaired) electrons. The number of hydrogen-bond acceptors (Lipinski definition) is 3. The quantitative estimate of drug-likeness (QED) is 0.431. The van der Waals surface area contributed by atoms with Crippen molar-refractivity contribution in [2.75, 3.05) is 7.11 Å². The summed E-state index contributed by atoms with van der Waals surface area (Å²) in [6, 6.07) is 0. The van der Waals surface area contributed by atoms with Gasteiger partial charge in [-0.3, -0.25) is 0 Å². The second kappa shape index (κ2) is 6.90. The van der Waals surface area contributed by atoms with Crippen LogP contribution in [-0.4, -0.2) is 24.8 Å². The van der Waals surface area contributed by atoms with E-state index >= 15 is 0 Å². The molecule has 0 N–H and O–H groups in total. The molecular formula is C16H26O3. The highest BCUT2D eigenvalue weighted by Crippen LogP contribution is 2.32. The van der Waals surface area contributed by atoms with Crippen LogP contribution in [0.15, 0.2) is 23.3 Å². The molecule has 1 aliphatic heterocycles. The lowest BCUT2D eigenvalue weighted by atomic mass is 10.0. The Hall–Kier alpha value is -1.09. The maximum Gasteiger partial charge on any atom is 0.330 e. The monoisotopic (exact) mass is 266 g/mol. The first-order valence-electron chi connectivity index (χ1n) is 6.93. The van der Waals surface area contributed by atoms with Crippen molar-refractivity contribution in [3.05, 3.63) is 23.3 Å². The Morgan fingerprint density at radius 1 is 1.42 bits per heavy atom. The molecule has 0 bridgehead atoms. The summed E-state index contributed by atoms with van der Waals surface area (Å²) in [6.07, 6.45) is 8.07. The summed E-state index contributed by atoms with van der Waals surface area (Å²) < 4.78 is 10.6. The molecule has 1 saturated heterocycles. The SMILES string of the molecule is COC(=O)C=C(C)CCC=C(C)C1CCC(C)(C)O1. The van der Waals surface area contributed by atoms with Gasteiger partial charge in [0.2, 0.25) is 0 Å². The first kappa shape index (κ1) is 16.0. The molecule has 1 heterocycles. The Morgan fingerprint density at radius 3 is 2.63 bits per heavy atom. The molecule has 19 heavy (non-hydrogen) atoms. The van der Waals surface area contributed by atoms with Crippen molar-refractivity contribution < 1.29 is 14.3 Å². The van der Waals surface area contributed by atoms with Crippen LogP contribution in [0.5, 0.6) is 0 Å². The van der Waals surface area contributed by atoms with Crippen molar-refractivity contribution in [2.45, 2.75) is 65.1 Å². The van der Waals surface area contributed by atoms with Gasteiger partial charge in [-0.25, -0.2) is 4.79 Å². The summed E-state index contributed by atoms with van der Waals surface area (Å²) in [6.45, 7) is 8.37. The second-order valence-electron chi connectivity index (χ2n) is 5.91. The van der Waals surface area contributed by atoms with Crippen LogP contribution in [0.1, 0.15) is 53.4 Å². The van der Waals surface area contributed by atoms with Crippen LogP contribution in [0, 0.1) is 0 Å². The smallest absolute Gasteiger partial charge is 0.330 e. The largest absolute Gasteiger partial charge is 0.466 e. The summed E-state index contributed by atoms with van der Waals surface area (Å²) in [4.78, 5) is 11.1. The number of methoxy groups -OCH3 is 1. The number of carbonyl (C=O) groups excluding carboxylic acids is 1. The summed E-state index contributed by atoms with van der Waals surface area (Å²) in [7, 11) is 1.40. The molecular weight excluding hydrogens is 240 g/mol. The molecule has 0 aliphatic carbocycles. The van der Waals surface area contributed by atoms with E-state index in [1.54, 1.807) is 6.08 Å². The van der Waals surface area contributed by atoms with Crippen LogP contribution < -0.4 is 0 Å². The van der Waals surface area contributed by atoms with E-state index in [2.05, 4.69) is 31.6 Å². The first-order chi connectivity index (χ1) is 8.84. The van der Waals surface area contributed by atoms with Crippen LogP contribution in [0.3, 0.4) is 0 Å². The third-order valence-corrected chi connectivity index (χ3v) is 3.55. The molecule has 1 unspecified atom stereocenters. The van der Waals surface area contributed by atoms with E-state index in [1.807, 2.05) is 6.92 Å². The molecule has 3 heteroatoms. The Bertz CT molecular complexity index is 377. The van der Waals surface area contributed by atoms with E-state index in [1.165, 1.54) is 12.7 Å². The van der Waals surface area contributed by atoms with E-state index in [4.69, 9.17) is 4.74 Å². The number of ether oxygens (including phenoxy) is 2. The maximum absolute atomic E-state index is 11.1. The van der Waals surface area contributed by atoms with E-state index in [-0.39, 0.29) is 17.7 Å². The van der Waals surface area contributed by atoms with Crippen LogP contribution in [0.4, 0.5) is 0 Å². The average molecular weight is 266 g/mol. The van der Waals surface area contributed by atoms with E-state index < -0.39 is 0 Å². The van der Waals surface area contributed by atoms with Crippen molar-refractivity contribution in [3.63, 3.8) is 0 Å². The first-order valence-corrected chi connectivity index (χ1v) is 6.93. The lowest BCUT2D eigenvalue weighted by molar-refractivity contribution is -0.134. The predicted molar refractivity (Wildman–Crippen MR) is 77.0 cm³/mol. The lowest BCUT2D eigenvalue weighted by Crippen LogP contribution is -2.20. The van der Waals surface area contributed by atoms with Crippen molar-refractivity contribution in [3.8, 4) is 0 Å². The van der Waals surface area contributed by atoms with E-state index in [9.17, 15) is 4.79 Å². The van der Waals surface area contributed by atoms with Gasteiger partial charge in [0, 0.05) is 6.08 Å². The molecule has 1 fully saturated rings. The summed E-state index contributed by atoms with van der Waals surface area (Å²) in [5.74, 6) is -0.279. The minimum Gasteiger partial charge on any atom is -0.466 e. The molecule has 0 spiro atoms. The van der Waals surface area contributed by atoms with Crippen molar-refractivity contribution in [2.24, 2.45) is 0 Å². The van der Waals surface area contributed by atoms with Gasteiger partial charge in [-0.2, -0.15) is 0 Å². The van der Waals surface area contributed by atoms with Gasteiger partial charge in [0.05, 0.1) is 18.8 Å². The lowest BCUT2D eigenvalue weighted by Gasteiger charge is -2.19. The number of esters is 1. The Labute approximate surface area is 116 Å². The number of rotatable bonds is 5. The summed E-state index contributed by atoms with van der Waals surface area (Å²) in [5, 5.41) is 0. The fourth-order valence-electron chi connectivity index (χ4n) is 2.29. The van der Waals surface area contributed by atoms with Gasteiger partial charge in [0.15, 0.2) is 0 Å². The molecule has 0 aromatic rings. The number of carbonyl (C=O) groups is 1. The Morgan fingerprint density at radius 2 is 2.11 bits per heavy atom. The highest BCUT2D eigenvalue weighted by atomic mass is 16.5. The molecule has 108 valence electrons. The molecule has 1 rings (SSSR count). The maximum atomic E-state index is 11.1. The van der Waals surface area contributed by atoms with Crippen LogP contribution >= 0.6 is 0 Å². The molecule has 0 aromatic heterocycles. The van der Waals surface area contributed by atoms with Gasteiger partial charge >= 0.3 is 5.97 Å². The molecule has 1 atom stereocenters. The molecule has 0 amide bonds. The zero-order valence-corrected chi connectivity index (χ0v) is 12.8. The third-order valence-electron chi connectivity index (χ3n) is 3.55. The summed E-state index contributed by atoms with van der Waals surface area (Å²) >= 11 is 0. The van der Waals surface area contributed by atoms with Gasteiger partial charge in [-0.15, -0.1) is 0 Å². The van der Waals surface area contributed by atoms with Gasteiger partial charge in [0.25, 0.3) is 0 Å². The van der Waals surface area contributed by atoms with Gasteiger partial charge < -0.3 is 9.47 Å². The minimum atomic E-state index is -0.279.